The molecule has 5 heteroatoms. The Hall–Kier alpha value is -2.14. The van der Waals surface area contributed by atoms with Gasteiger partial charge in [-0.3, -0.25) is 0 Å². The molecular weight excluding hydrogens is 268 g/mol. The number of aromatic carboxylic acids is 1. The molecule has 1 aromatic carbocycles. The summed E-state index contributed by atoms with van der Waals surface area (Å²) in [6, 6.07) is 8.63. The molecule has 3 N–H and O–H groups in total. The lowest BCUT2D eigenvalue weighted by molar-refractivity contribution is 0.0699. The van der Waals surface area contributed by atoms with E-state index in [4.69, 9.17) is 0 Å². The molecule has 1 heterocycles. The van der Waals surface area contributed by atoms with Crippen LogP contribution in [0.4, 0.5) is 5.82 Å². The summed E-state index contributed by atoms with van der Waals surface area (Å²) < 4.78 is 0. The standard InChI is InChI=1S/C16H20N2O3/c1-10(2)7-11(19)9-17-15-8-13(16(20)21)12-5-3-4-6-14(12)18-15/h3-6,8,10-11,19H,7,9H2,1-2H3,(H,17,18)(H,20,21). The number of aliphatic hydroxyl groups excluding tert-OH is 1. The third kappa shape index (κ3) is 3.92. The topological polar surface area (TPSA) is 82.5 Å². The molecule has 0 spiro atoms. The minimum Gasteiger partial charge on any atom is -0.478 e. The van der Waals surface area contributed by atoms with E-state index in [2.05, 4.69) is 10.3 Å². The molecule has 0 fully saturated rings. The van der Waals surface area contributed by atoms with Crippen molar-refractivity contribution < 1.29 is 15.0 Å². The van der Waals surface area contributed by atoms with Crippen molar-refractivity contribution in [2.24, 2.45) is 5.92 Å². The first-order valence-corrected chi connectivity index (χ1v) is 7.02. The van der Waals surface area contributed by atoms with E-state index in [1.165, 1.54) is 6.07 Å². The van der Waals surface area contributed by atoms with Crippen LogP contribution in [0.25, 0.3) is 10.9 Å². The first-order chi connectivity index (χ1) is 9.97. The second-order valence-electron chi connectivity index (χ2n) is 5.54. The van der Waals surface area contributed by atoms with Gasteiger partial charge in [-0.25, -0.2) is 9.78 Å². The van der Waals surface area contributed by atoms with E-state index >= 15 is 0 Å². The van der Waals surface area contributed by atoms with E-state index < -0.39 is 12.1 Å². The molecule has 21 heavy (non-hydrogen) atoms. The smallest absolute Gasteiger partial charge is 0.336 e. The van der Waals surface area contributed by atoms with Crippen LogP contribution < -0.4 is 5.32 Å². The Morgan fingerprint density at radius 2 is 2.05 bits per heavy atom. The van der Waals surface area contributed by atoms with Gasteiger partial charge < -0.3 is 15.5 Å². The number of hydrogen-bond donors (Lipinski definition) is 3. The second-order valence-corrected chi connectivity index (χ2v) is 5.54. The van der Waals surface area contributed by atoms with E-state index in [1.807, 2.05) is 19.9 Å². The second kappa shape index (κ2) is 6.54. The Kier molecular flexibility index (Phi) is 4.75. The van der Waals surface area contributed by atoms with Crippen LogP contribution in [0.5, 0.6) is 0 Å². The van der Waals surface area contributed by atoms with Crippen molar-refractivity contribution in [2.75, 3.05) is 11.9 Å². The van der Waals surface area contributed by atoms with Gasteiger partial charge in [-0.2, -0.15) is 0 Å². The average molecular weight is 288 g/mol. The van der Waals surface area contributed by atoms with Gasteiger partial charge in [0.2, 0.25) is 0 Å². The molecule has 2 rings (SSSR count). The van der Waals surface area contributed by atoms with Gasteiger partial charge in [-0.1, -0.05) is 32.0 Å². The summed E-state index contributed by atoms with van der Waals surface area (Å²) in [6.45, 7) is 4.43. The van der Waals surface area contributed by atoms with E-state index in [0.29, 0.717) is 35.6 Å². The van der Waals surface area contributed by atoms with Gasteiger partial charge in [-0.05, 0) is 24.5 Å². The van der Waals surface area contributed by atoms with E-state index in [1.54, 1.807) is 18.2 Å². The zero-order chi connectivity index (χ0) is 15.4. The number of rotatable bonds is 6. The van der Waals surface area contributed by atoms with Crippen LogP contribution in [0.15, 0.2) is 30.3 Å². The van der Waals surface area contributed by atoms with Crippen molar-refractivity contribution >= 4 is 22.7 Å². The summed E-state index contributed by atoms with van der Waals surface area (Å²) in [5.41, 5.74) is 0.833. The number of carbonyl (C=O) groups is 1. The molecule has 0 aliphatic rings. The number of aromatic nitrogens is 1. The maximum absolute atomic E-state index is 11.3. The highest BCUT2D eigenvalue weighted by atomic mass is 16.4. The molecule has 0 saturated carbocycles. The fourth-order valence-corrected chi connectivity index (χ4v) is 2.29. The van der Waals surface area contributed by atoms with Gasteiger partial charge in [-0.15, -0.1) is 0 Å². The predicted molar refractivity (Wildman–Crippen MR) is 82.7 cm³/mol. The average Bonchev–Trinajstić information content (AvgIpc) is 2.43. The summed E-state index contributed by atoms with van der Waals surface area (Å²) in [4.78, 5) is 15.7. The van der Waals surface area contributed by atoms with Crippen LogP contribution >= 0.6 is 0 Å². The third-order valence-electron chi connectivity index (χ3n) is 3.21. The SMILES string of the molecule is CC(C)CC(O)CNc1cc(C(=O)O)c2ccccc2n1. The van der Waals surface area contributed by atoms with Gasteiger partial charge in [0, 0.05) is 11.9 Å². The summed E-state index contributed by atoms with van der Waals surface area (Å²) in [7, 11) is 0. The van der Waals surface area contributed by atoms with Crippen LogP contribution in [0.2, 0.25) is 0 Å². The lowest BCUT2D eigenvalue weighted by Gasteiger charge is -2.15. The largest absolute Gasteiger partial charge is 0.478 e. The molecule has 0 aliphatic carbocycles. The van der Waals surface area contributed by atoms with E-state index in [0.717, 1.165) is 0 Å². The summed E-state index contributed by atoms with van der Waals surface area (Å²) >= 11 is 0. The Morgan fingerprint density at radius 1 is 1.33 bits per heavy atom. The number of pyridine rings is 1. The van der Waals surface area contributed by atoms with Crippen molar-refractivity contribution in [3.63, 3.8) is 0 Å². The Morgan fingerprint density at radius 3 is 2.71 bits per heavy atom. The molecule has 0 amide bonds. The first kappa shape index (κ1) is 15.3. The third-order valence-corrected chi connectivity index (χ3v) is 3.21. The molecule has 1 aromatic heterocycles. The van der Waals surface area contributed by atoms with Gasteiger partial charge in [0.25, 0.3) is 0 Å². The molecule has 0 aliphatic heterocycles. The number of aliphatic hydroxyl groups is 1. The molecule has 0 bridgehead atoms. The van der Waals surface area contributed by atoms with Crippen LogP contribution in [0, 0.1) is 5.92 Å². The minimum atomic E-state index is -0.987. The maximum Gasteiger partial charge on any atom is 0.336 e. The number of para-hydroxylation sites is 1. The van der Waals surface area contributed by atoms with Crippen LogP contribution in [-0.4, -0.2) is 33.8 Å². The van der Waals surface area contributed by atoms with Crippen LogP contribution in [0.1, 0.15) is 30.6 Å². The van der Waals surface area contributed by atoms with Crippen molar-refractivity contribution in [1.29, 1.82) is 0 Å². The lowest BCUT2D eigenvalue weighted by Crippen LogP contribution is -2.21. The highest BCUT2D eigenvalue weighted by molar-refractivity contribution is 6.03. The number of carboxylic acid groups (broad SMARTS) is 1. The number of nitrogens with zero attached hydrogens (tertiary/aromatic N) is 1. The molecular formula is C16H20N2O3. The molecule has 1 atom stereocenters. The fraction of sp³-hybridized carbons (Fsp3) is 0.375. The van der Waals surface area contributed by atoms with E-state index in [9.17, 15) is 15.0 Å². The summed E-state index contributed by atoms with van der Waals surface area (Å²) in [5.74, 6) is -0.116. The fourth-order valence-electron chi connectivity index (χ4n) is 2.29. The quantitative estimate of drug-likeness (QED) is 0.761. The van der Waals surface area contributed by atoms with E-state index in [-0.39, 0.29) is 5.56 Å². The zero-order valence-corrected chi connectivity index (χ0v) is 12.2. The number of fused-ring (bicyclic) bond motifs is 1. The van der Waals surface area contributed by atoms with Crippen LogP contribution in [-0.2, 0) is 0 Å². The normalized spacial score (nSPS) is 12.6. The highest BCUT2D eigenvalue weighted by Crippen LogP contribution is 2.21. The van der Waals surface area contributed by atoms with Gasteiger partial charge in [0.05, 0.1) is 17.2 Å². The predicted octanol–water partition coefficient (Wildman–Crippen LogP) is 2.75. The van der Waals surface area contributed by atoms with Crippen molar-refractivity contribution in [3.8, 4) is 0 Å². The molecule has 1 unspecified atom stereocenters. The number of nitrogens with one attached hydrogen (secondary N) is 1. The van der Waals surface area contributed by atoms with Crippen molar-refractivity contribution in [1.82, 2.24) is 4.98 Å². The molecule has 112 valence electrons. The summed E-state index contributed by atoms with van der Waals surface area (Å²) in [6.07, 6.45) is 0.207. The Bertz CT molecular complexity index is 640. The zero-order valence-electron chi connectivity index (χ0n) is 12.2. The Balaban J connectivity index is 2.23. The van der Waals surface area contributed by atoms with Crippen LogP contribution in [0.3, 0.4) is 0 Å². The number of anilines is 1. The highest BCUT2D eigenvalue weighted by Gasteiger charge is 2.12. The van der Waals surface area contributed by atoms with Gasteiger partial charge >= 0.3 is 5.97 Å². The number of carboxylic acids is 1. The van der Waals surface area contributed by atoms with Gasteiger partial charge in [0.15, 0.2) is 0 Å². The number of benzene rings is 1. The lowest BCUT2D eigenvalue weighted by atomic mass is 10.1. The van der Waals surface area contributed by atoms with Gasteiger partial charge in [0.1, 0.15) is 5.82 Å². The molecule has 0 radical (unpaired) electrons. The first-order valence-electron chi connectivity index (χ1n) is 7.02. The molecule has 0 saturated heterocycles. The minimum absolute atomic E-state index is 0.210. The number of hydrogen-bond acceptors (Lipinski definition) is 4. The van der Waals surface area contributed by atoms with Crippen molar-refractivity contribution in [2.45, 2.75) is 26.4 Å². The Labute approximate surface area is 123 Å². The summed E-state index contributed by atoms with van der Waals surface area (Å²) in [5, 5.41) is 22.8. The van der Waals surface area contributed by atoms with Crippen molar-refractivity contribution in [3.05, 3.63) is 35.9 Å². The molecule has 2 aromatic rings. The maximum atomic E-state index is 11.3. The monoisotopic (exact) mass is 288 g/mol. The molecule has 5 nitrogen and oxygen atoms in total.